The number of benzene rings is 2. The van der Waals surface area contributed by atoms with E-state index in [1.54, 1.807) is 57.5 Å². The van der Waals surface area contributed by atoms with Crippen LogP contribution >= 0.6 is 0 Å². The van der Waals surface area contributed by atoms with Gasteiger partial charge in [0.1, 0.15) is 0 Å². The second-order valence-electron chi connectivity index (χ2n) is 5.44. The van der Waals surface area contributed by atoms with Gasteiger partial charge in [0.25, 0.3) is 5.56 Å². The summed E-state index contributed by atoms with van der Waals surface area (Å²) in [5.41, 5.74) is 0.538. The van der Waals surface area contributed by atoms with Crippen molar-refractivity contribution in [3.8, 4) is 11.5 Å². The number of H-pyrrole nitrogens is 1. The highest BCUT2D eigenvalue weighted by Crippen LogP contribution is 2.30. The number of aromatic amines is 1. The molecular weight excluding hydrogens is 308 g/mol. The van der Waals surface area contributed by atoms with Crippen LogP contribution in [0.1, 0.15) is 18.5 Å². The predicted molar refractivity (Wildman–Crippen MR) is 92.2 cm³/mol. The van der Waals surface area contributed by atoms with Crippen LogP contribution in [0.3, 0.4) is 0 Å². The molecule has 1 N–H and O–H groups in total. The van der Waals surface area contributed by atoms with E-state index in [1.807, 2.05) is 6.07 Å². The molecule has 0 amide bonds. The topological polar surface area (TPSA) is 73.3 Å². The van der Waals surface area contributed by atoms with Crippen LogP contribution in [-0.2, 0) is 0 Å². The van der Waals surface area contributed by atoms with Gasteiger partial charge < -0.3 is 14.5 Å². The van der Waals surface area contributed by atoms with Crippen molar-refractivity contribution in [1.29, 1.82) is 0 Å². The maximum atomic E-state index is 12.7. The number of hydrogen-bond donors (Lipinski definition) is 1. The van der Waals surface area contributed by atoms with E-state index in [0.29, 0.717) is 22.4 Å². The molecule has 2 aromatic carbocycles. The first-order valence-electron chi connectivity index (χ1n) is 7.52. The van der Waals surface area contributed by atoms with Crippen molar-refractivity contribution in [2.24, 2.45) is 0 Å². The molecule has 3 rings (SSSR count). The highest BCUT2D eigenvalue weighted by Gasteiger charge is 2.17. The summed E-state index contributed by atoms with van der Waals surface area (Å²) in [5, 5.41) is 0.476. The first kappa shape index (κ1) is 15.9. The minimum atomic E-state index is -0.453. The lowest BCUT2D eigenvalue weighted by molar-refractivity contribution is 0.354. The summed E-state index contributed by atoms with van der Waals surface area (Å²) in [4.78, 5) is 27.9. The first-order valence-corrected chi connectivity index (χ1v) is 7.52. The summed E-state index contributed by atoms with van der Waals surface area (Å²) in [6, 6.07) is 11.8. The van der Waals surface area contributed by atoms with Gasteiger partial charge in [-0.3, -0.25) is 9.36 Å². The Hall–Kier alpha value is -3.02. The Labute approximate surface area is 138 Å². The number of nitrogens with zero attached hydrogens (tertiary/aromatic N) is 1. The molecule has 24 heavy (non-hydrogen) atoms. The number of nitrogens with one attached hydrogen (secondary N) is 1. The zero-order valence-corrected chi connectivity index (χ0v) is 13.7. The molecule has 1 atom stereocenters. The van der Waals surface area contributed by atoms with Crippen molar-refractivity contribution in [1.82, 2.24) is 9.55 Å². The van der Waals surface area contributed by atoms with Crippen molar-refractivity contribution in [3.05, 3.63) is 68.9 Å². The molecule has 0 aliphatic carbocycles. The van der Waals surface area contributed by atoms with Crippen LogP contribution in [0, 0.1) is 0 Å². The van der Waals surface area contributed by atoms with Gasteiger partial charge in [-0.25, -0.2) is 4.79 Å². The Morgan fingerprint density at radius 3 is 2.42 bits per heavy atom. The fourth-order valence-electron chi connectivity index (χ4n) is 2.79. The molecule has 6 heteroatoms. The summed E-state index contributed by atoms with van der Waals surface area (Å²) >= 11 is 0. The SMILES string of the molecule is COc1ccc(C(C)n2c(=O)[nH]c3ccccc3c2=O)cc1OC. The normalized spacial score (nSPS) is 12.1. The first-order chi connectivity index (χ1) is 11.6. The van der Waals surface area contributed by atoms with E-state index in [-0.39, 0.29) is 5.56 Å². The third-order valence-electron chi connectivity index (χ3n) is 4.11. The predicted octanol–water partition coefficient (Wildman–Crippen LogP) is 2.32. The molecule has 1 unspecified atom stereocenters. The number of ether oxygens (including phenoxy) is 2. The van der Waals surface area contributed by atoms with Gasteiger partial charge in [0, 0.05) is 0 Å². The number of para-hydroxylation sites is 1. The zero-order valence-electron chi connectivity index (χ0n) is 13.7. The molecule has 3 aromatic rings. The van der Waals surface area contributed by atoms with Crippen LogP contribution in [0.25, 0.3) is 10.9 Å². The Morgan fingerprint density at radius 2 is 1.71 bits per heavy atom. The standard InChI is InChI=1S/C18H18N2O4/c1-11(12-8-9-15(23-2)16(10-12)24-3)20-17(21)13-6-4-5-7-14(13)19-18(20)22/h4-11H,1-3H3,(H,19,22). The van der Waals surface area contributed by atoms with Crippen molar-refractivity contribution in [2.75, 3.05) is 14.2 Å². The summed E-state index contributed by atoms with van der Waals surface area (Å²) in [6.45, 7) is 1.80. The third-order valence-corrected chi connectivity index (χ3v) is 4.11. The van der Waals surface area contributed by atoms with Crippen molar-refractivity contribution < 1.29 is 9.47 Å². The van der Waals surface area contributed by atoms with E-state index in [0.717, 1.165) is 5.56 Å². The van der Waals surface area contributed by atoms with E-state index in [9.17, 15) is 9.59 Å². The van der Waals surface area contributed by atoms with Gasteiger partial charge in [-0.15, -0.1) is 0 Å². The fraction of sp³-hybridized carbons (Fsp3) is 0.222. The quantitative estimate of drug-likeness (QED) is 0.798. The molecule has 0 radical (unpaired) electrons. The van der Waals surface area contributed by atoms with Crippen LogP contribution < -0.4 is 20.7 Å². The molecule has 0 aliphatic rings. The second kappa shape index (κ2) is 6.23. The minimum absolute atomic E-state index is 0.323. The number of methoxy groups -OCH3 is 2. The van der Waals surface area contributed by atoms with Gasteiger partial charge in [0.2, 0.25) is 0 Å². The van der Waals surface area contributed by atoms with Gasteiger partial charge in [-0.2, -0.15) is 0 Å². The lowest BCUT2D eigenvalue weighted by Gasteiger charge is -2.17. The maximum absolute atomic E-state index is 12.7. The van der Waals surface area contributed by atoms with Crippen molar-refractivity contribution in [3.63, 3.8) is 0 Å². The van der Waals surface area contributed by atoms with E-state index in [2.05, 4.69) is 4.98 Å². The Kier molecular flexibility index (Phi) is 4.12. The highest BCUT2D eigenvalue weighted by atomic mass is 16.5. The molecular formula is C18H18N2O4. The Balaban J connectivity index is 2.17. The van der Waals surface area contributed by atoms with E-state index >= 15 is 0 Å². The van der Waals surface area contributed by atoms with E-state index in [4.69, 9.17) is 9.47 Å². The van der Waals surface area contributed by atoms with Crippen molar-refractivity contribution in [2.45, 2.75) is 13.0 Å². The summed E-state index contributed by atoms with van der Waals surface area (Å²) in [5.74, 6) is 1.14. The number of hydrogen-bond acceptors (Lipinski definition) is 4. The van der Waals surface area contributed by atoms with Gasteiger partial charge in [0.05, 0.1) is 31.2 Å². The molecule has 0 fully saturated rings. The molecule has 0 saturated heterocycles. The molecule has 124 valence electrons. The third kappa shape index (κ3) is 2.56. The molecule has 0 bridgehead atoms. The average molecular weight is 326 g/mol. The number of fused-ring (bicyclic) bond motifs is 1. The lowest BCUT2D eigenvalue weighted by Crippen LogP contribution is -2.37. The zero-order chi connectivity index (χ0) is 17.3. The van der Waals surface area contributed by atoms with Crippen LogP contribution in [0.5, 0.6) is 11.5 Å². The van der Waals surface area contributed by atoms with Crippen LogP contribution in [-0.4, -0.2) is 23.8 Å². The monoisotopic (exact) mass is 326 g/mol. The molecule has 1 aromatic heterocycles. The van der Waals surface area contributed by atoms with Crippen LogP contribution in [0.2, 0.25) is 0 Å². The van der Waals surface area contributed by atoms with Crippen LogP contribution in [0.4, 0.5) is 0 Å². The largest absolute Gasteiger partial charge is 0.493 e. The van der Waals surface area contributed by atoms with Gasteiger partial charge in [0.15, 0.2) is 11.5 Å². The Morgan fingerprint density at radius 1 is 1.00 bits per heavy atom. The van der Waals surface area contributed by atoms with E-state index in [1.165, 1.54) is 4.57 Å². The average Bonchev–Trinajstić information content (AvgIpc) is 2.61. The number of rotatable bonds is 4. The summed E-state index contributed by atoms with van der Waals surface area (Å²) in [6.07, 6.45) is 0. The second-order valence-corrected chi connectivity index (χ2v) is 5.44. The lowest BCUT2D eigenvalue weighted by atomic mass is 10.1. The van der Waals surface area contributed by atoms with Gasteiger partial charge in [-0.1, -0.05) is 18.2 Å². The van der Waals surface area contributed by atoms with Crippen molar-refractivity contribution >= 4 is 10.9 Å². The summed E-state index contributed by atoms with van der Waals surface area (Å²) < 4.78 is 11.7. The van der Waals surface area contributed by atoms with E-state index < -0.39 is 11.7 Å². The van der Waals surface area contributed by atoms with Gasteiger partial charge in [-0.05, 0) is 36.8 Å². The fourth-order valence-corrected chi connectivity index (χ4v) is 2.79. The molecule has 6 nitrogen and oxygen atoms in total. The molecule has 0 aliphatic heterocycles. The smallest absolute Gasteiger partial charge is 0.329 e. The molecule has 1 heterocycles. The highest BCUT2D eigenvalue weighted by molar-refractivity contribution is 5.76. The van der Waals surface area contributed by atoms with Crippen LogP contribution in [0.15, 0.2) is 52.1 Å². The minimum Gasteiger partial charge on any atom is -0.493 e. The molecule has 0 spiro atoms. The summed E-state index contributed by atoms with van der Waals surface area (Å²) in [7, 11) is 3.10. The van der Waals surface area contributed by atoms with Gasteiger partial charge >= 0.3 is 5.69 Å². The maximum Gasteiger partial charge on any atom is 0.329 e. The number of aromatic nitrogens is 2. The Bertz CT molecular complexity index is 1000. The molecule has 0 saturated carbocycles.